The molecule has 24 heavy (non-hydrogen) atoms. The minimum absolute atomic E-state index is 0.101. The van der Waals surface area contributed by atoms with Crippen molar-refractivity contribution in [2.24, 2.45) is 4.99 Å². The Morgan fingerprint density at radius 3 is 2.54 bits per heavy atom. The van der Waals surface area contributed by atoms with Crippen LogP contribution in [0.15, 0.2) is 29.3 Å². The van der Waals surface area contributed by atoms with E-state index in [-0.39, 0.29) is 11.4 Å². The molecule has 4 nitrogen and oxygen atoms in total. The summed E-state index contributed by atoms with van der Waals surface area (Å²) in [6.45, 7) is 8.40. The molecular formula is C19H31FN4. The Bertz CT molecular complexity index is 536. The number of aliphatic imine (C=N–C) groups is 1. The highest BCUT2D eigenvalue weighted by molar-refractivity contribution is 5.79. The van der Waals surface area contributed by atoms with Crippen molar-refractivity contribution in [1.29, 1.82) is 0 Å². The molecule has 5 heteroatoms. The summed E-state index contributed by atoms with van der Waals surface area (Å²) >= 11 is 0. The third-order valence-corrected chi connectivity index (χ3v) is 4.77. The Hall–Kier alpha value is -1.62. The highest BCUT2D eigenvalue weighted by Gasteiger charge is 2.27. The van der Waals surface area contributed by atoms with E-state index in [1.165, 1.54) is 38.4 Å². The van der Waals surface area contributed by atoms with Crippen molar-refractivity contribution in [3.8, 4) is 0 Å². The predicted molar refractivity (Wildman–Crippen MR) is 99.0 cm³/mol. The van der Waals surface area contributed by atoms with Crippen LogP contribution in [0.3, 0.4) is 0 Å². The molecule has 1 heterocycles. The third-order valence-electron chi connectivity index (χ3n) is 4.77. The van der Waals surface area contributed by atoms with Crippen molar-refractivity contribution in [1.82, 2.24) is 15.5 Å². The fourth-order valence-corrected chi connectivity index (χ4v) is 3.15. The lowest BCUT2D eigenvalue weighted by molar-refractivity contribution is 0.0982. The molecule has 0 aliphatic carbocycles. The van der Waals surface area contributed by atoms with Gasteiger partial charge < -0.3 is 10.6 Å². The van der Waals surface area contributed by atoms with Gasteiger partial charge in [0.05, 0.1) is 0 Å². The molecule has 1 fully saturated rings. The van der Waals surface area contributed by atoms with Gasteiger partial charge in [0.1, 0.15) is 5.82 Å². The van der Waals surface area contributed by atoms with Crippen LogP contribution < -0.4 is 10.6 Å². The molecule has 0 unspecified atom stereocenters. The van der Waals surface area contributed by atoms with Crippen molar-refractivity contribution in [3.05, 3.63) is 35.6 Å². The van der Waals surface area contributed by atoms with E-state index in [0.717, 1.165) is 18.1 Å². The summed E-state index contributed by atoms with van der Waals surface area (Å²) in [4.78, 5) is 6.82. The summed E-state index contributed by atoms with van der Waals surface area (Å²) in [7, 11) is 1.77. The highest BCUT2D eigenvalue weighted by Crippen LogP contribution is 2.19. The van der Waals surface area contributed by atoms with E-state index in [2.05, 4.69) is 34.4 Å². The average Bonchev–Trinajstić information content (AvgIpc) is 2.60. The van der Waals surface area contributed by atoms with E-state index in [1.54, 1.807) is 13.1 Å². The SMILES string of the molecule is CN=C(NCCc1ccccc1F)NCC(C)(C)N1CCCCC1. The van der Waals surface area contributed by atoms with Crippen LogP contribution >= 0.6 is 0 Å². The van der Waals surface area contributed by atoms with Crippen LogP contribution in [0.5, 0.6) is 0 Å². The Morgan fingerprint density at radius 1 is 1.17 bits per heavy atom. The van der Waals surface area contributed by atoms with Crippen molar-refractivity contribution in [3.63, 3.8) is 0 Å². The standard InChI is InChI=1S/C19H31FN4/c1-19(2,24-13-7-4-8-14-24)15-23-18(21-3)22-12-11-16-9-5-6-10-17(16)20/h5-6,9-10H,4,7-8,11-15H2,1-3H3,(H2,21,22,23). The zero-order valence-electron chi connectivity index (χ0n) is 15.2. The van der Waals surface area contributed by atoms with Crippen molar-refractivity contribution in [2.45, 2.75) is 45.1 Å². The molecule has 0 saturated carbocycles. The zero-order valence-corrected chi connectivity index (χ0v) is 15.2. The van der Waals surface area contributed by atoms with Gasteiger partial charge >= 0.3 is 0 Å². The van der Waals surface area contributed by atoms with E-state index in [1.807, 2.05) is 12.1 Å². The first-order chi connectivity index (χ1) is 11.5. The molecule has 1 aliphatic rings. The van der Waals surface area contributed by atoms with Crippen molar-refractivity contribution >= 4 is 5.96 Å². The fraction of sp³-hybridized carbons (Fsp3) is 0.632. The Morgan fingerprint density at radius 2 is 1.88 bits per heavy atom. The molecule has 0 aromatic heterocycles. The molecule has 1 aromatic rings. The molecule has 2 N–H and O–H groups in total. The van der Waals surface area contributed by atoms with E-state index >= 15 is 0 Å². The first-order valence-corrected chi connectivity index (χ1v) is 8.96. The number of likely N-dealkylation sites (tertiary alicyclic amines) is 1. The molecule has 0 atom stereocenters. The maximum atomic E-state index is 13.6. The average molecular weight is 334 g/mol. The maximum absolute atomic E-state index is 13.6. The highest BCUT2D eigenvalue weighted by atomic mass is 19.1. The molecule has 2 rings (SSSR count). The van der Waals surface area contributed by atoms with E-state index < -0.39 is 0 Å². The lowest BCUT2D eigenvalue weighted by atomic mass is 9.98. The van der Waals surface area contributed by atoms with Gasteiger partial charge in [0.15, 0.2) is 5.96 Å². The lowest BCUT2D eigenvalue weighted by Crippen LogP contribution is -2.55. The second kappa shape index (κ2) is 9.02. The number of hydrogen-bond donors (Lipinski definition) is 2. The van der Waals surface area contributed by atoms with Gasteiger partial charge in [0.2, 0.25) is 0 Å². The smallest absolute Gasteiger partial charge is 0.191 e. The van der Waals surface area contributed by atoms with Crippen molar-refractivity contribution in [2.75, 3.05) is 33.2 Å². The van der Waals surface area contributed by atoms with Gasteiger partial charge in [-0.15, -0.1) is 0 Å². The Balaban J connectivity index is 1.76. The summed E-state index contributed by atoms with van der Waals surface area (Å²) in [6, 6.07) is 6.91. The first kappa shape index (κ1) is 18.7. The summed E-state index contributed by atoms with van der Waals surface area (Å²) in [5.74, 6) is 0.630. The Labute approximate surface area is 145 Å². The predicted octanol–water partition coefficient (Wildman–Crippen LogP) is 2.80. The normalized spacial score (nSPS) is 16.9. The number of guanidine groups is 1. The van der Waals surface area contributed by atoms with Crippen LogP contribution in [-0.2, 0) is 6.42 Å². The van der Waals surface area contributed by atoms with Gasteiger partial charge in [0.25, 0.3) is 0 Å². The summed E-state index contributed by atoms with van der Waals surface area (Å²) in [5.41, 5.74) is 0.831. The third kappa shape index (κ3) is 5.48. The van der Waals surface area contributed by atoms with Gasteiger partial charge in [-0.05, 0) is 57.8 Å². The number of rotatable bonds is 6. The van der Waals surface area contributed by atoms with Crippen LogP contribution in [0.4, 0.5) is 4.39 Å². The Kier molecular flexibility index (Phi) is 7.03. The monoisotopic (exact) mass is 334 g/mol. The quantitative estimate of drug-likeness (QED) is 0.621. The summed E-state index contributed by atoms with van der Waals surface area (Å²) in [5, 5.41) is 6.69. The van der Waals surface area contributed by atoms with Crippen LogP contribution in [0, 0.1) is 5.82 Å². The van der Waals surface area contributed by atoms with Crippen LogP contribution in [-0.4, -0.2) is 49.6 Å². The van der Waals surface area contributed by atoms with Gasteiger partial charge in [-0.3, -0.25) is 9.89 Å². The van der Waals surface area contributed by atoms with Crippen LogP contribution in [0.2, 0.25) is 0 Å². The second-order valence-electron chi connectivity index (χ2n) is 7.05. The first-order valence-electron chi connectivity index (χ1n) is 8.96. The molecular weight excluding hydrogens is 303 g/mol. The largest absolute Gasteiger partial charge is 0.356 e. The van der Waals surface area contributed by atoms with E-state index in [4.69, 9.17) is 0 Å². The topological polar surface area (TPSA) is 39.7 Å². The second-order valence-corrected chi connectivity index (χ2v) is 7.05. The summed E-state index contributed by atoms with van der Waals surface area (Å²) in [6.07, 6.45) is 4.57. The number of piperidine rings is 1. The molecule has 1 aliphatic heterocycles. The van der Waals surface area contributed by atoms with Gasteiger partial charge in [-0.1, -0.05) is 24.6 Å². The van der Waals surface area contributed by atoms with Gasteiger partial charge in [-0.25, -0.2) is 4.39 Å². The fourth-order valence-electron chi connectivity index (χ4n) is 3.15. The van der Waals surface area contributed by atoms with Gasteiger partial charge in [0, 0.05) is 25.7 Å². The minimum Gasteiger partial charge on any atom is -0.356 e. The van der Waals surface area contributed by atoms with Crippen LogP contribution in [0.25, 0.3) is 0 Å². The number of hydrogen-bond acceptors (Lipinski definition) is 2. The number of benzene rings is 1. The number of nitrogens with zero attached hydrogens (tertiary/aromatic N) is 2. The molecule has 134 valence electrons. The molecule has 1 aromatic carbocycles. The maximum Gasteiger partial charge on any atom is 0.191 e. The molecule has 1 saturated heterocycles. The number of halogens is 1. The lowest BCUT2D eigenvalue weighted by Gasteiger charge is -2.41. The number of nitrogens with one attached hydrogen (secondary N) is 2. The van der Waals surface area contributed by atoms with Crippen molar-refractivity contribution < 1.29 is 4.39 Å². The molecule has 0 amide bonds. The molecule has 0 spiro atoms. The zero-order chi connectivity index (χ0) is 17.4. The van der Waals surface area contributed by atoms with E-state index in [0.29, 0.717) is 13.0 Å². The van der Waals surface area contributed by atoms with Gasteiger partial charge in [-0.2, -0.15) is 0 Å². The molecule has 0 radical (unpaired) electrons. The van der Waals surface area contributed by atoms with Crippen LogP contribution in [0.1, 0.15) is 38.7 Å². The summed E-state index contributed by atoms with van der Waals surface area (Å²) < 4.78 is 13.6. The minimum atomic E-state index is -0.145. The molecule has 0 bridgehead atoms. The van der Waals surface area contributed by atoms with E-state index in [9.17, 15) is 4.39 Å².